The molecule has 0 aliphatic rings. The largest absolute Gasteiger partial charge is 0.492 e. The molecule has 1 aromatic carbocycles. The van der Waals surface area contributed by atoms with Crippen LogP contribution in [0.1, 0.15) is 0 Å². The second-order valence-electron chi connectivity index (χ2n) is 3.10. The lowest BCUT2D eigenvalue weighted by molar-refractivity contribution is 0.315. The summed E-state index contributed by atoms with van der Waals surface area (Å²) >= 11 is 0. The van der Waals surface area contributed by atoms with E-state index < -0.39 is 10.0 Å². The zero-order valence-electron chi connectivity index (χ0n) is 8.80. The van der Waals surface area contributed by atoms with Gasteiger partial charge in [0.15, 0.2) is 0 Å². The number of aliphatic hydroxyl groups excluding tert-OH is 1. The summed E-state index contributed by atoms with van der Waals surface area (Å²) in [6.07, 6.45) is 0. The molecule has 0 bridgehead atoms. The summed E-state index contributed by atoms with van der Waals surface area (Å²) < 4.78 is 29.8. The Labute approximate surface area is 95.1 Å². The van der Waals surface area contributed by atoms with E-state index in [-0.39, 0.29) is 25.5 Å². The highest BCUT2D eigenvalue weighted by Crippen LogP contribution is 2.07. The van der Waals surface area contributed by atoms with Gasteiger partial charge in [0.25, 0.3) is 0 Å². The van der Waals surface area contributed by atoms with Gasteiger partial charge in [-0.3, -0.25) is 0 Å². The van der Waals surface area contributed by atoms with Gasteiger partial charge in [0.2, 0.25) is 10.0 Å². The van der Waals surface area contributed by atoms with Crippen LogP contribution in [0.25, 0.3) is 0 Å². The number of benzene rings is 1. The molecule has 0 aliphatic carbocycles. The van der Waals surface area contributed by atoms with Crippen molar-refractivity contribution in [3.05, 3.63) is 30.3 Å². The van der Waals surface area contributed by atoms with E-state index in [9.17, 15) is 8.42 Å². The zero-order valence-corrected chi connectivity index (χ0v) is 9.61. The monoisotopic (exact) mass is 245 g/mol. The van der Waals surface area contributed by atoms with Gasteiger partial charge in [-0.25, -0.2) is 13.1 Å². The van der Waals surface area contributed by atoms with Gasteiger partial charge in [0.05, 0.1) is 12.4 Å². The summed E-state index contributed by atoms with van der Waals surface area (Å²) in [7, 11) is -3.37. The first kappa shape index (κ1) is 13.0. The van der Waals surface area contributed by atoms with Crippen LogP contribution in [0.5, 0.6) is 5.75 Å². The fourth-order valence-corrected chi connectivity index (χ4v) is 1.85. The highest BCUT2D eigenvalue weighted by atomic mass is 32.2. The quantitative estimate of drug-likeness (QED) is 0.662. The minimum atomic E-state index is -3.37. The van der Waals surface area contributed by atoms with Crippen LogP contribution in [0.4, 0.5) is 0 Å². The third kappa shape index (κ3) is 5.11. The molecule has 0 spiro atoms. The molecule has 0 unspecified atom stereocenters. The summed E-state index contributed by atoms with van der Waals surface area (Å²) in [6, 6.07) is 9.14. The minimum absolute atomic E-state index is 0.192. The van der Waals surface area contributed by atoms with Crippen molar-refractivity contribution in [2.75, 3.05) is 25.5 Å². The van der Waals surface area contributed by atoms with E-state index in [1.165, 1.54) is 0 Å². The van der Waals surface area contributed by atoms with Crippen molar-refractivity contribution in [3.63, 3.8) is 0 Å². The molecule has 1 aromatic rings. The van der Waals surface area contributed by atoms with E-state index in [2.05, 4.69) is 4.72 Å². The van der Waals surface area contributed by atoms with Crippen molar-refractivity contribution in [2.45, 2.75) is 0 Å². The molecule has 16 heavy (non-hydrogen) atoms. The maximum absolute atomic E-state index is 11.1. The number of hydrogen-bond acceptors (Lipinski definition) is 4. The van der Waals surface area contributed by atoms with Gasteiger partial charge in [-0.15, -0.1) is 0 Å². The fraction of sp³-hybridized carbons (Fsp3) is 0.400. The lowest BCUT2D eigenvalue weighted by Gasteiger charge is -2.07. The van der Waals surface area contributed by atoms with Crippen LogP contribution in [0.3, 0.4) is 0 Å². The summed E-state index contributed by atoms with van der Waals surface area (Å²) in [4.78, 5) is 0. The van der Waals surface area contributed by atoms with E-state index in [0.717, 1.165) is 0 Å². The number of ether oxygens (including phenoxy) is 1. The molecule has 0 saturated carbocycles. The molecule has 0 heterocycles. The van der Waals surface area contributed by atoms with Crippen LogP contribution in [0.15, 0.2) is 30.3 Å². The Morgan fingerprint density at radius 1 is 1.25 bits per heavy atom. The maximum atomic E-state index is 11.1. The second kappa shape index (κ2) is 6.47. The zero-order chi connectivity index (χ0) is 11.9. The van der Waals surface area contributed by atoms with Crippen LogP contribution in [-0.4, -0.2) is 39.0 Å². The first-order chi connectivity index (χ1) is 7.64. The number of hydrogen-bond donors (Lipinski definition) is 2. The van der Waals surface area contributed by atoms with E-state index >= 15 is 0 Å². The Balaban J connectivity index is 2.22. The number of rotatable bonds is 7. The first-order valence-corrected chi connectivity index (χ1v) is 6.55. The highest BCUT2D eigenvalue weighted by molar-refractivity contribution is 7.89. The molecule has 0 saturated heterocycles. The minimum Gasteiger partial charge on any atom is -0.492 e. The van der Waals surface area contributed by atoms with Crippen molar-refractivity contribution in [3.8, 4) is 5.75 Å². The molecule has 0 fully saturated rings. The molecule has 90 valence electrons. The molecule has 5 nitrogen and oxygen atoms in total. The SMILES string of the molecule is O=S(=O)(CCO)NCCOc1ccccc1. The van der Waals surface area contributed by atoms with Gasteiger partial charge in [-0.05, 0) is 12.1 Å². The average Bonchev–Trinajstić information content (AvgIpc) is 2.26. The number of para-hydroxylation sites is 1. The maximum Gasteiger partial charge on any atom is 0.213 e. The van der Waals surface area contributed by atoms with Gasteiger partial charge in [0, 0.05) is 6.54 Å². The molecule has 2 N–H and O–H groups in total. The molecule has 0 aliphatic heterocycles. The molecular weight excluding hydrogens is 230 g/mol. The first-order valence-electron chi connectivity index (χ1n) is 4.90. The van der Waals surface area contributed by atoms with Gasteiger partial charge < -0.3 is 9.84 Å². The lowest BCUT2D eigenvalue weighted by atomic mass is 10.3. The molecule has 0 radical (unpaired) electrons. The molecule has 0 aromatic heterocycles. The molecule has 1 rings (SSSR count). The van der Waals surface area contributed by atoms with Crippen LogP contribution < -0.4 is 9.46 Å². The normalized spacial score (nSPS) is 11.3. The Morgan fingerprint density at radius 3 is 2.56 bits per heavy atom. The van der Waals surface area contributed by atoms with Crippen molar-refractivity contribution in [1.29, 1.82) is 0 Å². The van der Waals surface area contributed by atoms with Crippen molar-refractivity contribution in [1.82, 2.24) is 4.72 Å². The van der Waals surface area contributed by atoms with Crippen LogP contribution in [-0.2, 0) is 10.0 Å². The van der Waals surface area contributed by atoms with Crippen LogP contribution >= 0.6 is 0 Å². The predicted octanol–water partition coefficient (Wildman–Crippen LogP) is -0.0229. The summed E-state index contributed by atoms with van der Waals surface area (Å²) in [6.45, 7) is 0.0702. The van der Waals surface area contributed by atoms with Crippen molar-refractivity contribution >= 4 is 10.0 Å². The van der Waals surface area contributed by atoms with Crippen LogP contribution in [0, 0.1) is 0 Å². The standard InChI is InChI=1S/C10H15NO4S/c12-7-9-16(13,14)11-6-8-15-10-4-2-1-3-5-10/h1-5,11-12H,6-9H2. The summed E-state index contributed by atoms with van der Waals surface area (Å²) in [5, 5.41) is 8.49. The summed E-state index contributed by atoms with van der Waals surface area (Å²) in [5.74, 6) is 0.419. The molecule has 6 heteroatoms. The number of sulfonamides is 1. The van der Waals surface area contributed by atoms with Gasteiger partial charge in [0.1, 0.15) is 12.4 Å². The third-order valence-electron chi connectivity index (χ3n) is 1.80. The van der Waals surface area contributed by atoms with Gasteiger partial charge in [-0.1, -0.05) is 18.2 Å². The van der Waals surface area contributed by atoms with E-state index in [1.807, 2.05) is 18.2 Å². The number of aliphatic hydroxyl groups is 1. The van der Waals surface area contributed by atoms with E-state index in [4.69, 9.17) is 9.84 Å². The topological polar surface area (TPSA) is 75.6 Å². The molecular formula is C10H15NO4S. The molecule has 0 amide bonds. The van der Waals surface area contributed by atoms with Gasteiger partial charge in [-0.2, -0.15) is 0 Å². The highest BCUT2D eigenvalue weighted by Gasteiger charge is 2.07. The smallest absolute Gasteiger partial charge is 0.213 e. The Hall–Kier alpha value is -1.11. The third-order valence-corrected chi connectivity index (χ3v) is 3.16. The van der Waals surface area contributed by atoms with Gasteiger partial charge >= 0.3 is 0 Å². The predicted molar refractivity (Wildman–Crippen MR) is 60.8 cm³/mol. The average molecular weight is 245 g/mol. The van der Waals surface area contributed by atoms with Crippen LogP contribution in [0.2, 0.25) is 0 Å². The fourth-order valence-electron chi connectivity index (χ4n) is 1.08. The van der Waals surface area contributed by atoms with Crippen molar-refractivity contribution in [2.24, 2.45) is 0 Å². The Bertz CT molecular complexity index is 391. The molecule has 0 atom stereocenters. The Kier molecular flexibility index (Phi) is 5.24. The van der Waals surface area contributed by atoms with E-state index in [1.54, 1.807) is 12.1 Å². The summed E-state index contributed by atoms with van der Waals surface area (Å²) in [5.41, 5.74) is 0. The van der Waals surface area contributed by atoms with Crippen molar-refractivity contribution < 1.29 is 18.3 Å². The number of nitrogens with one attached hydrogen (secondary N) is 1. The van der Waals surface area contributed by atoms with E-state index in [0.29, 0.717) is 5.75 Å². The Morgan fingerprint density at radius 2 is 1.94 bits per heavy atom. The lowest BCUT2D eigenvalue weighted by Crippen LogP contribution is -2.31. The second-order valence-corrected chi connectivity index (χ2v) is 5.02.